The number of methoxy groups -OCH3 is 1. The molecule has 0 heterocycles. The highest BCUT2D eigenvalue weighted by molar-refractivity contribution is 5.38. The molecule has 1 heteroatoms. The predicted molar refractivity (Wildman–Crippen MR) is 54.0 cm³/mol. The molecule has 0 aromatic heterocycles. The molecule has 1 fully saturated rings. The summed E-state index contributed by atoms with van der Waals surface area (Å²) in [6, 6.07) is 6.50. The molecule has 2 rings (SSSR count). The van der Waals surface area contributed by atoms with Crippen molar-refractivity contribution in [3.8, 4) is 5.75 Å². The van der Waals surface area contributed by atoms with Gasteiger partial charge in [-0.2, -0.15) is 0 Å². The van der Waals surface area contributed by atoms with Crippen LogP contribution in [0.4, 0.5) is 0 Å². The summed E-state index contributed by atoms with van der Waals surface area (Å²) in [5.41, 5.74) is 2.70. The van der Waals surface area contributed by atoms with E-state index in [-0.39, 0.29) is 0 Å². The van der Waals surface area contributed by atoms with Gasteiger partial charge in [-0.05, 0) is 49.3 Å². The van der Waals surface area contributed by atoms with Gasteiger partial charge in [0, 0.05) is 0 Å². The second kappa shape index (κ2) is 3.41. The Bertz CT molecular complexity index is 300. The van der Waals surface area contributed by atoms with Crippen LogP contribution < -0.4 is 4.74 Å². The van der Waals surface area contributed by atoms with Crippen molar-refractivity contribution in [2.24, 2.45) is 0 Å². The summed E-state index contributed by atoms with van der Waals surface area (Å²) in [5, 5.41) is 0. The molecule has 1 nitrogen and oxygen atoms in total. The van der Waals surface area contributed by atoms with Crippen LogP contribution in [0.15, 0.2) is 18.2 Å². The van der Waals surface area contributed by atoms with Gasteiger partial charge in [0.15, 0.2) is 0 Å². The van der Waals surface area contributed by atoms with Crippen molar-refractivity contribution in [3.63, 3.8) is 0 Å². The Labute approximate surface area is 79.7 Å². The van der Waals surface area contributed by atoms with Crippen LogP contribution in [0.5, 0.6) is 5.75 Å². The Kier molecular flexibility index (Phi) is 2.26. The molecule has 69 valence electrons. The second-order valence-corrected chi connectivity index (χ2v) is 3.69. The summed E-state index contributed by atoms with van der Waals surface area (Å²) < 4.78 is 5.22. The van der Waals surface area contributed by atoms with Gasteiger partial charge < -0.3 is 4.74 Å². The van der Waals surface area contributed by atoms with Gasteiger partial charge in [0.2, 0.25) is 0 Å². The van der Waals surface area contributed by atoms with E-state index in [0.29, 0.717) is 0 Å². The number of ether oxygens (including phenoxy) is 1. The summed E-state index contributed by atoms with van der Waals surface area (Å²) in [7, 11) is 1.72. The first-order valence-corrected chi connectivity index (χ1v) is 4.77. The van der Waals surface area contributed by atoms with Crippen molar-refractivity contribution in [2.75, 3.05) is 7.11 Å². The lowest BCUT2D eigenvalue weighted by Crippen LogP contribution is -2.09. The molecule has 1 radical (unpaired) electrons. The van der Waals surface area contributed by atoms with E-state index in [0.717, 1.165) is 11.7 Å². The first-order valence-electron chi connectivity index (χ1n) is 4.77. The SMILES string of the molecule is COc1ccc(C2C[CH]C2)cc1C. The zero-order chi connectivity index (χ0) is 9.26. The lowest BCUT2D eigenvalue weighted by molar-refractivity contribution is 0.411. The second-order valence-electron chi connectivity index (χ2n) is 3.69. The summed E-state index contributed by atoms with van der Waals surface area (Å²) in [6.07, 6.45) is 4.82. The minimum atomic E-state index is 0.768. The van der Waals surface area contributed by atoms with E-state index in [1.54, 1.807) is 7.11 Å². The van der Waals surface area contributed by atoms with Gasteiger partial charge in [-0.3, -0.25) is 0 Å². The minimum absolute atomic E-state index is 0.768. The number of rotatable bonds is 2. The van der Waals surface area contributed by atoms with Crippen molar-refractivity contribution in [2.45, 2.75) is 25.7 Å². The third-order valence-corrected chi connectivity index (χ3v) is 2.79. The largest absolute Gasteiger partial charge is 0.496 e. The molecule has 1 aromatic carbocycles. The van der Waals surface area contributed by atoms with E-state index in [1.807, 2.05) is 0 Å². The maximum atomic E-state index is 5.22. The Hall–Kier alpha value is -0.980. The normalized spacial score (nSPS) is 16.8. The van der Waals surface area contributed by atoms with E-state index in [2.05, 4.69) is 31.5 Å². The van der Waals surface area contributed by atoms with Gasteiger partial charge in [-0.1, -0.05) is 12.1 Å². The highest BCUT2D eigenvalue weighted by Crippen LogP contribution is 2.36. The number of aryl methyl sites for hydroxylation is 1. The van der Waals surface area contributed by atoms with E-state index in [4.69, 9.17) is 4.74 Å². The van der Waals surface area contributed by atoms with Crippen LogP contribution in [0.25, 0.3) is 0 Å². The fourth-order valence-electron chi connectivity index (χ4n) is 1.76. The van der Waals surface area contributed by atoms with Crippen molar-refractivity contribution in [1.29, 1.82) is 0 Å². The first-order chi connectivity index (χ1) is 6.31. The molecule has 1 aliphatic rings. The average molecular weight is 175 g/mol. The lowest BCUT2D eigenvalue weighted by atomic mass is 9.80. The topological polar surface area (TPSA) is 9.23 Å². The van der Waals surface area contributed by atoms with Crippen molar-refractivity contribution in [3.05, 3.63) is 35.7 Å². The van der Waals surface area contributed by atoms with E-state index in [9.17, 15) is 0 Å². The highest BCUT2D eigenvalue weighted by Gasteiger charge is 2.19. The van der Waals surface area contributed by atoms with Crippen LogP contribution in [-0.2, 0) is 0 Å². The smallest absolute Gasteiger partial charge is 0.121 e. The Morgan fingerprint density at radius 2 is 2.08 bits per heavy atom. The molecule has 0 spiro atoms. The minimum Gasteiger partial charge on any atom is -0.496 e. The molecule has 0 atom stereocenters. The highest BCUT2D eigenvalue weighted by atomic mass is 16.5. The Morgan fingerprint density at radius 3 is 2.54 bits per heavy atom. The van der Waals surface area contributed by atoms with Crippen molar-refractivity contribution >= 4 is 0 Å². The third kappa shape index (κ3) is 1.55. The molecule has 0 bridgehead atoms. The summed E-state index contributed by atoms with van der Waals surface area (Å²) in [4.78, 5) is 0. The monoisotopic (exact) mass is 175 g/mol. The molecule has 13 heavy (non-hydrogen) atoms. The van der Waals surface area contributed by atoms with Crippen LogP contribution in [0.3, 0.4) is 0 Å². The van der Waals surface area contributed by atoms with Gasteiger partial charge in [-0.15, -0.1) is 0 Å². The molecule has 0 N–H and O–H groups in total. The van der Waals surface area contributed by atoms with Crippen LogP contribution in [0.2, 0.25) is 0 Å². The molecular weight excluding hydrogens is 160 g/mol. The molecule has 0 aliphatic heterocycles. The van der Waals surface area contributed by atoms with Gasteiger partial charge in [0.25, 0.3) is 0 Å². The van der Waals surface area contributed by atoms with Crippen molar-refractivity contribution in [1.82, 2.24) is 0 Å². The number of benzene rings is 1. The molecule has 1 aliphatic carbocycles. The van der Waals surface area contributed by atoms with E-state index in [1.165, 1.54) is 24.0 Å². The molecule has 0 saturated heterocycles. The number of hydrogen-bond acceptors (Lipinski definition) is 1. The fraction of sp³-hybridized carbons (Fsp3) is 0.417. The summed E-state index contributed by atoms with van der Waals surface area (Å²) >= 11 is 0. The molecular formula is C12H15O. The molecule has 1 aromatic rings. The Morgan fingerprint density at radius 1 is 1.31 bits per heavy atom. The predicted octanol–water partition coefficient (Wildman–Crippen LogP) is 3.09. The summed E-state index contributed by atoms with van der Waals surface area (Å²) in [5.74, 6) is 1.76. The lowest BCUT2D eigenvalue weighted by Gasteiger charge is -2.26. The molecule has 0 amide bonds. The van der Waals surface area contributed by atoms with Crippen molar-refractivity contribution < 1.29 is 4.74 Å². The van der Waals surface area contributed by atoms with E-state index >= 15 is 0 Å². The van der Waals surface area contributed by atoms with Gasteiger partial charge in [0.05, 0.1) is 7.11 Å². The average Bonchev–Trinajstić information content (AvgIpc) is 2.01. The zero-order valence-electron chi connectivity index (χ0n) is 8.21. The van der Waals surface area contributed by atoms with Crippen LogP contribution in [0.1, 0.15) is 29.9 Å². The maximum absolute atomic E-state index is 5.22. The number of hydrogen-bond donors (Lipinski definition) is 0. The fourth-order valence-corrected chi connectivity index (χ4v) is 1.76. The van der Waals surface area contributed by atoms with Gasteiger partial charge in [-0.25, -0.2) is 0 Å². The van der Waals surface area contributed by atoms with Gasteiger partial charge in [0.1, 0.15) is 5.75 Å². The zero-order valence-corrected chi connectivity index (χ0v) is 8.21. The molecule has 1 saturated carbocycles. The van der Waals surface area contributed by atoms with Crippen LogP contribution >= 0.6 is 0 Å². The maximum Gasteiger partial charge on any atom is 0.121 e. The Balaban J connectivity index is 2.24. The quantitative estimate of drug-likeness (QED) is 0.671. The van der Waals surface area contributed by atoms with Crippen LogP contribution in [0, 0.1) is 13.3 Å². The van der Waals surface area contributed by atoms with E-state index < -0.39 is 0 Å². The summed E-state index contributed by atoms with van der Waals surface area (Å²) in [6.45, 7) is 2.10. The molecule has 0 unspecified atom stereocenters. The third-order valence-electron chi connectivity index (χ3n) is 2.79. The van der Waals surface area contributed by atoms with Crippen LogP contribution in [-0.4, -0.2) is 7.11 Å². The first kappa shape index (κ1) is 8.61. The standard InChI is InChI=1S/C12H15O/c1-9-8-11(10-4-3-5-10)6-7-12(9)13-2/h3,6-8,10H,4-5H2,1-2H3. The van der Waals surface area contributed by atoms with Gasteiger partial charge >= 0.3 is 0 Å².